The maximum atomic E-state index is 13.3. The summed E-state index contributed by atoms with van der Waals surface area (Å²) in [4.78, 5) is 0. The van der Waals surface area contributed by atoms with Crippen LogP contribution in [-0.2, 0) is 17.8 Å². The molecular weight excluding hydrogens is 464 g/mol. The number of ether oxygens (including phenoxy) is 2. The summed E-state index contributed by atoms with van der Waals surface area (Å²) in [5, 5.41) is 10.6. The number of piperidine rings is 1. The molecule has 1 aromatic heterocycles. The zero-order valence-corrected chi connectivity index (χ0v) is 18.0. The zero-order chi connectivity index (χ0) is 24.1. The summed E-state index contributed by atoms with van der Waals surface area (Å²) in [6.45, 7) is 1.34. The normalized spacial score (nSPS) is 27.0. The van der Waals surface area contributed by atoms with Crippen molar-refractivity contribution >= 4 is 0 Å². The van der Waals surface area contributed by atoms with Gasteiger partial charge in [0.05, 0.1) is 23.3 Å². The van der Waals surface area contributed by atoms with Crippen molar-refractivity contribution in [2.75, 3.05) is 19.7 Å². The lowest BCUT2D eigenvalue weighted by molar-refractivity contribution is -0.142. The molecule has 1 N–H and O–H groups in total. The van der Waals surface area contributed by atoms with E-state index in [4.69, 9.17) is 9.47 Å². The number of benzene rings is 1. The van der Waals surface area contributed by atoms with Crippen LogP contribution in [0.2, 0.25) is 0 Å². The van der Waals surface area contributed by atoms with E-state index < -0.39 is 35.1 Å². The van der Waals surface area contributed by atoms with Gasteiger partial charge < -0.3 is 14.8 Å². The highest BCUT2D eigenvalue weighted by Crippen LogP contribution is 2.49. The third kappa shape index (κ3) is 4.42. The number of hydrogen-bond acceptors (Lipinski definition) is 5. The predicted molar refractivity (Wildman–Crippen MR) is 108 cm³/mol. The van der Waals surface area contributed by atoms with E-state index in [1.54, 1.807) is 0 Å². The second-order valence-corrected chi connectivity index (χ2v) is 9.34. The fraction of sp³-hybridized carbons (Fsp3) is 0.565. The van der Waals surface area contributed by atoms with Crippen LogP contribution in [0.25, 0.3) is 0 Å². The van der Waals surface area contributed by atoms with Crippen LogP contribution in [0.3, 0.4) is 0 Å². The molecule has 1 saturated heterocycles. The Labute approximate surface area is 191 Å². The molecule has 2 bridgehead atoms. The average molecular weight is 487 g/mol. The summed E-state index contributed by atoms with van der Waals surface area (Å²) in [5.41, 5.74) is -2.30. The van der Waals surface area contributed by atoms with Crippen LogP contribution in [0, 0.1) is 11.8 Å². The van der Waals surface area contributed by atoms with Gasteiger partial charge in [-0.05, 0) is 61.9 Å². The number of nitrogens with zero attached hydrogens (tertiary/aromatic N) is 2. The molecular formula is C23H23F6N3O2. The molecule has 0 radical (unpaired) electrons. The molecule has 11 heteroatoms. The van der Waals surface area contributed by atoms with Gasteiger partial charge in [0.15, 0.2) is 17.2 Å². The van der Waals surface area contributed by atoms with Gasteiger partial charge in [0.1, 0.15) is 6.10 Å². The smallest absolute Gasteiger partial charge is 0.435 e. The molecule has 5 nitrogen and oxygen atoms in total. The lowest BCUT2D eigenvalue weighted by Crippen LogP contribution is -2.55. The zero-order valence-electron chi connectivity index (χ0n) is 18.0. The Morgan fingerprint density at radius 3 is 2.38 bits per heavy atom. The highest BCUT2D eigenvalue weighted by Gasteiger charge is 2.55. The molecule has 1 aromatic carbocycles. The summed E-state index contributed by atoms with van der Waals surface area (Å²) in [6, 6.07) is 5.38. The SMILES string of the molecule is FC(F)(F)c1ccc(OC2[C@H]3CC[C@]2(c2ccc(C(F)(F)F)nn2)CNC3)c(OCC2CC2)c1. The lowest BCUT2D eigenvalue weighted by atomic mass is 9.77. The van der Waals surface area contributed by atoms with Crippen molar-refractivity contribution in [3.05, 3.63) is 47.3 Å². The van der Waals surface area contributed by atoms with Gasteiger partial charge in [0, 0.05) is 19.0 Å². The maximum Gasteiger partial charge on any atom is 0.435 e. The molecule has 1 unspecified atom stereocenters. The molecule has 0 amide bonds. The number of hydrogen-bond donors (Lipinski definition) is 1. The molecule has 5 rings (SSSR count). The Kier molecular flexibility index (Phi) is 5.65. The molecule has 0 spiro atoms. The molecule has 1 aliphatic heterocycles. The first kappa shape index (κ1) is 23.2. The van der Waals surface area contributed by atoms with Gasteiger partial charge in [-0.15, -0.1) is 5.10 Å². The minimum absolute atomic E-state index is 0.0106. The van der Waals surface area contributed by atoms with Gasteiger partial charge in [-0.1, -0.05) is 0 Å². The minimum atomic E-state index is -4.60. The van der Waals surface area contributed by atoms with Crippen LogP contribution in [0.15, 0.2) is 30.3 Å². The van der Waals surface area contributed by atoms with Crippen molar-refractivity contribution in [3.8, 4) is 11.5 Å². The topological polar surface area (TPSA) is 56.3 Å². The Morgan fingerprint density at radius 2 is 1.74 bits per heavy atom. The molecule has 184 valence electrons. The largest absolute Gasteiger partial charge is 0.489 e. The highest BCUT2D eigenvalue weighted by atomic mass is 19.4. The lowest BCUT2D eigenvalue weighted by Gasteiger charge is -2.41. The monoisotopic (exact) mass is 487 g/mol. The first-order valence-electron chi connectivity index (χ1n) is 11.2. The molecule has 2 aliphatic carbocycles. The quantitative estimate of drug-likeness (QED) is 0.582. The van der Waals surface area contributed by atoms with Crippen LogP contribution in [0.4, 0.5) is 26.3 Å². The number of nitrogens with one attached hydrogen (secondary N) is 1. The van der Waals surface area contributed by atoms with Crippen molar-refractivity contribution in [1.29, 1.82) is 0 Å². The fourth-order valence-corrected chi connectivity index (χ4v) is 4.91. The molecule has 2 heterocycles. The van der Waals surface area contributed by atoms with Crippen LogP contribution in [-0.4, -0.2) is 36.0 Å². The van der Waals surface area contributed by atoms with E-state index in [9.17, 15) is 26.3 Å². The van der Waals surface area contributed by atoms with E-state index in [0.29, 0.717) is 37.7 Å². The molecule has 2 saturated carbocycles. The van der Waals surface area contributed by atoms with Crippen LogP contribution in [0.1, 0.15) is 42.6 Å². The minimum Gasteiger partial charge on any atom is -0.489 e. The third-order valence-corrected chi connectivity index (χ3v) is 6.94. The predicted octanol–water partition coefficient (Wildman–Crippen LogP) is 5.00. The van der Waals surface area contributed by atoms with E-state index in [-0.39, 0.29) is 17.4 Å². The number of halogens is 6. The number of alkyl halides is 6. The molecule has 3 aliphatic rings. The van der Waals surface area contributed by atoms with Gasteiger partial charge in [0.25, 0.3) is 0 Å². The van der Waals surface area contributed by atoms with Crippen LogP contribution < -0.4 is 14.8 Å². The Morgan fingerprint density at radius 1 is 0.941 bits per heavy atom. The summed E-state index contributed by atoms with van der Waals surface area (Å²) >= 11 is 0. The van der Waals surface area contributed by atoms with Crippen molar-refractivity contribution in [2.24, 2.45) is 11.8 Å². The van der Waals surface area contributed by atoms with Crippen LogP contribution >= 0.6 is 0 Å². The van der Waals surface area contributed by atoms with Gasteiger partial charge in [-0.3, -0.25) is 0 Å². The maximum absolute atomic E-state index is 13.3. The molecule has 3 atom stereocenters. The van der Waals surface area contributed by atoms with E-state index in [0.717, 1.165) is 37.5 Å². The van der Waals surface area contributed by atoms with Gasteiger partial charge >= 0.3 is 12.4 Å². The summed E-state index contributed by atoms with van der Waals surface area (Å²) in [6.07, 6.45) is -6.34. The van der Waals surface area contributed by atoms with Crippen molar-refractivity contribution in [3.63, 3.8) is 0 Å². The molecule has 2 aromatic rings. The second-order valence-electron chi connectivity index (χ2n) is 9.34. The van der Waals surface area contributed by atoms with Gasteiger partial charge in [-0.2, -0.15) is 31.4 Å². The number of rotatable bonds is 6. The van der Waals surface area contributed by atoms with E-state index in [1.165, 1.54) is 12.1 Å². The van der Waals surface area contributed by atoms with Crippen molar-refractivity contribution < 1.29 is 35.8 Å². The number of fused-ring (bicyclic) bond motifs is 2. The molecule has 34 heavy (non-hydrogen) atoms. The average Bonchev–Trinajstić information content (AvgIpc) is 3.58. The van der Waals surface area contributed by atoms with Crippen molar-refractivity contribution in [1.82, 2.24) is 15.5 Å². The Balaban J connectivity index is 1.46. The third-order valence-electron chi connectivity index (χ3n) is 6.94. The van der Waals surface area contributed by atoms with Gasteiger partial charge in [-0.25, -0.2) is 0 Å². The highest BCUT2D eigenvalue weighted by molar-refractivity contribution is 5.45. The first-order chi connectivity index (χ1) is 16.1. The summed E-state index contributed by atoms with van der Waals surface area (Å²) in [5.74, 6) is 0.549. The number of aromatic nitrogens is 2. The van der Waals surface area contributed by atoms with Crippen LogP contribution in [0.5, 0.6) is 11.5 Å². The summed E-state index contributed by atoms with van der Waals surface area (Å²) in [7, 11) is 0. The van der Waals surface area contributed by atoms with E-state index in [1.807, 2.05) is 0 Å². The van der Waals surface area contributed by atoms with Crippen molar-refractivity contribution in [2.45, 2.75) is 49.6 Å². The molecule has 3 fully saturated rings. The Hall–Kier alpha value is -2.56. The second kappa shape index (κ2) is 8.28. The van der Waals surface area contributed by atoms with E-state index >= 15 is 0 Å². The first-order valence-corrected chi connectivity index (χ1v) is 11.2. The van der Waals surface area contributed by atoms with Gasteiger partial charge in [0.2, 0.25) is 0 Å². The Bertz CT molecular complexity index is 1030. The summed E-state index contributed by atoms with van der Waals surface area (Å²) < 4.78 is 90.9. The standard InChI is InChI=1S/C23H23F6N3O2/c24-22(25,26)15-3-4-16(17(9-15)33-11-13-1-2-13)34-20-14-7-8-21(20,12-30-10-14)18-5-6-19(32-31-18)23(27,28)29/h3-6,9,13-14,20,30H,1-2,7-8,10-12H2/t14-,20?,21+/m0/s1. The fourth-order valence-electron chi connectivity index (χ4n) is 4.91. The van der Waals surface area contributed by atoms with E-state index in [2.05, 4.69) is 15.5 Å².